The summed E-state index contributed by atoms with van der Waals surface area (Å²) in [7, 11) is 1.28. The van der Waals surface area contributed by atoms with Crippen molar-refractivity contribution in [2.24, 2.45) is 11.8 Å². The zero-order valence-electron chi connectivity index (χ0n) is 20.4. The minimum absolute atomic E-state index is 0.0882. The molecule has 1 aromatic carbocycles. The minimum Gasteiger partial charge on any atom is -0.494 e. The Labute approximate surface area is 200 Å². The number of carbonyl (C=O) groups excluding carboxylic acids is 3. The second-order valence-electron chi connectivity index (χ2n) is 8.34. The van der Waals surface area contributed by atoms with E-state index >= 15 is 0 Å². The van der Waals surface area contributed by atoms with Crippen LogP contribution in [0.5, 0.6) is 5.75 Å². The Morgan fingerprint density at radius 3 is 2.53 bits per heavy atom. The van der Waals surface area contributed by atoms with Crippen LogP contribution in [0.2, 0.25) is 0 Å². The van der Waals surface area contributed by atoms with Crippen LogP contribution in [0.15, 0.2) is 46.8 Å². The van der Waals surface area contributed by atoms with Crippen LogP contribution in [0, 0.1) is 11.8 Å². The number of benzene rings is 1. The number of hydrogen-bond acceptors (Lipinski definition) is 8. The molecule has 0 amide bonds. The molecule has 2 aliphatic rings. The van der Waals surface area contributed by atoms with E-state index in [0.29, 0.717) is 53.5 Å². The average Bonchev–Trinajstić information content (AvgIpc) is 2.81. The normalized spacial score (nSPS) is 22.1. The number of carbonyl (C=O) groups is 3. The van der Waals surface area contributed by atoms with Crippen LogP contribution in [0.4, 0.5) is 0 Å². The van der Waals surface area contributed by atoms with Gasteiger partial charge in [0.25, 0.3) is 0 Å². The molecular weight excluding hydrogens is 438 g/mol. The van der Waals surface area contributed by atoms with Crippen molar-refractivity contribution in [2.75, 3.05) is 33.5 Å². The molecule has 0 fully saturated rings. The number of para-hydroxylation sites is 1. The number of hydrogen-bond donors (Lipinski definition) is 1. The fraction of sp³-hybridized carbons (Fsp3) is 0.500. The van der Waals surface area contributed by atoms with Gasteiger partial charge in [-0.25, -0.2) is 4.79 Å². The van der Waals surface area contributed by atoms with Crippen LogP contribution in [-0.2, 0) is 28.6 Å². The van der Waals surface area contributed by atoms with Crippen molar-refractivity contribution >= 4 is 17.7 Å². The zero-order chi connectivity index (χ0) is 24.8. The van der Waals surface area contributed by atoms with Crippen molar-refractivity contribution in [3.63, 3.8) is 0 Å². The first kappa shape index (κ1) is 25.5. The quantitative estimate of drug-likeness (QED) is 0.333. The van der Waals surface area contributed by atoms with E-state index in [-0.39, 0.29) is 24.9 Å². The van der Waals surface area contributed by atoms with Gasteiger partial charge in [0, 0.05) is 29.1 Å². The third-order valence-electron chi connectivity index (χ3n) is 6.16. The van der Waals surface area contributed by atoms with Gasteiger partial charge in [0.1, 0.15) is 18.3 Å². The maximum Gasteiger partial charge on any atom is 0.336 e. The molecule has 0 bridgehead atoms. The van der Waals surface area contributed by atoms with Crippen molar-refractivity contribution in [1.82, 2.24) is 5.32 Å². The molecule has 1 aliphatic carbocycles. The summed E-state index contributed by atoms with van der Waals surface area (Å²) in [6, 6.07) is 7.32. The van der Waals surface area contributed by atoms with Crippen molar-refractivity contribution in [2.45, 2.75) is 40.0 Å². The van der Waals surface area contributed by atoms with Crippen molar-refractivity contribution < 1.29 is 33.3 Å². The number of allylic oxidation sites excluding steroid dienone is 3. The highest BCUT2D eigenvalue weighted by Gasteiger charge is 2.47. The van der Waals surface area contributed by atoms with E-state index in [1.807, 2.05) is 45.0 Å². The van der Waals surface area contributed by atoms with E-state index in [2.05, 4.69) is 5.32 Å². The second-order valence-corrected chi connectivity index (χ2v) is 8.34. The summed E-state index contributed by atoms with van der Waals surface area (Å²) in [5, 5.41) is 3.25. The Balaban J connectivity index is 2.13. The molecule has 0 spiro atoms. The molecule has 1 N–H and O–H groups in total. The summed E-state index contributed by atoms with van der Waals surface area (Å²) < 4.78 is 21.6. The van der Waals surface area contributed by atoms with Crippen LogP contribution < -0.4 is 10.1 Å². The van der Waals surface area contributed by atoms with Gasteiger partial charge in [-0.3, -0.25) is 9.59 Å². The summed E-state index contributed by atoms with van der Waals surface area (Å²) in [6.45, 7) is 8.67. The fourth-order valence-electron chi connectivity index (χ4n) is 4.68. The van der Waals surface area contributed by atoms with Gasteiger partial charge in [0.2, 0.25) is 0 Å². The number of rotatable bonds is 9. The van der Waals surface area contributed by atoms with E-state index in [1.54, 1.807) is 6.92 Å². The van der Waals surface area contributed by atoms with Gasteiger partial charge in [0.15, 0.2) is 5.78 Å². The molecule has 1 aliphatic heterocycles. The molecule has 184 valence electrons. The van der Waals surface area contributed by atoms with Crippen molar-refractivity contribution in [3.8, 4) is 5.75 Å². The lowest BCUT2D eigenvalue weighted by Gasteiger charge is -2.38. The summed E-state index contributed by atoms with van der Waals surface area (Å²) in [6.07, 6.45) is 0.470. The number of ether oxygens (including phenoxy) is 4. The number of ketones is 1. The third-order valence-corrected chi connectivity index (χ3v) is 6.16. The summed E-state index contributed by atoms with van der Waals surface area (Å²) >= 11 is 0. The summed E-state index contributed by atoms with van der Waals surface area (Å²) in [4.78, 5) is 39.6. The van der Waals surface area contributed by atoms with Crippen LogP contribution in [0.3, 0.4) is 0 Å². The maximum atomic E-state index is 13.8. The Morgan fingerprint density at radius 1 is 1.12 bits per heavy atom. The predicted molar refractivity (Wildman–Crippen MR) is 125 cm³/mol. The first-order valence-electron chi connectivity index (χ1n) is 11.6. The molecule has 0 aromatic heterocycles. The summed E-state index contributed by atoms with van der Waals surface area (Å²) in [5.41, 5.74) is 2.67. The van der Waals surface area contributed by atoms with Gasteiger partial charge >= 0.3 is 11.9 Å². The van der Waals surface area contributed by atoms with E-state index in [0.717, 1.165) is 0 Å². The highest BCUT2D eigenvalue weighted by atomic mass is 16.6. The molecule has 0 saturated carbocycles. The van der Waals surface area contributed by atoms with E-state index in [4.69, 9.17) is 18.9 Å². The number of nitrogens with one attached hydrogen (secondary N) is 1. The number of dihydropyridines is 1. The molecule has 8 heteroatoms. The third kappa shape index (κ3) is 5.01. The average molecular weight is 472 g/mol. The van der Waals surface area contributed by atoms with Crippen LogP contribution in [0.1, 0.15) is 45.6 Å². The molecule has 1 heterocycles. The Bertz CT molecular complexity index is 1010. The zero-order valence-corrected chi connectivity index (χ0v) is 20.4. The first-order valence-corrected chi connectivity index (χ1v) is 11.6. The van der Waals surface area contributed by atoms with Crippen LogP contribution in [-0.4, -0.2) is 51.3 Å². The molecule has 3 rings (SSSR count). The molecular formula is C26H33NO7. The number of Topliss-reactive ketones (excluding diaryl/α,β-unsaturated/α-hetero) is 1. The number of esters is 2. The van der Waals surface area contributed by atoms with Gasteiger partial charge in [0.05, 0.1) is 31.8 Å². The molecule has 0 unspecified atom stereocenters. The van der Waals surface area contributed by atoms with Crippen molar-refractivity contribution in [3.05, 3.63) is 52.4 Å². The molecule has 3 atom stereocenters. The Kier molecular flexibility index (Phi) is 8.50. The topological polar surface area (TPSA) is 100 Å². The highest BCUT2D eigenvalue weighted by molar-refractivity contribution is 6.12. The largest absolute Gasteiger partial charge is 0.494 e. The monoisotopic (exact) mass is 471 g/mol. The maximum absolute atomic E-state index is 13.8. The van der Waals surface area contributed by atoms with Crippen LogP contribution >= 0.6 is 0 Å². The molecule has 0 radical (unpaired) electrons. The van der Waals surface area contributed by atoms with E-state index in [9.17, 15) is 14.4 Å². The van der Waals surface area contributed by atoms with Gasteiger partial charge in [-0.05, 0) is 39.2 Å². The second kappa shape index (κ2) is 11.3. The smallest absolute Gasteiger partial charge is 0.336 e. The van der Waals surface area contributed by atoms with Gasteiger partial charge in [-0.15, -0.1) is 0 Å². The Morgan fingerprint density at radius 2 is 1.85 bits per heavy atom. The lowest BCUT2D eigenvalue weighted by Crippen LogP contribution is -2.43. The van der Waals surface area contributed by atoms with Gasteiger partial charge in [-0.1, -0.05) is 25.1 Å². The molecule has 8 nitrogen and oxygen atoms in total. The van der Waals surface area contributed by atoms with Crippen LogP contribution in [0.25, 0.3) is 0 Å². The van der Waals surface area contributed by atoms with E-state index < -0.39 is 23.8 Å². The van der Waals surface area contributed by atoms with Gasteiger partial charge < -0.3 is 24.3 Å². The Hall–Kier alpha value is -3.13. The lowest BCUT2D eigenvalue weighted by molar-refractivity contribution is -0.151. The SMILES string of the molecule is CCOCCOC(=O)C1=C(C)NC2=C(C(=O)[C@H](C(=O)OC)[C@H](C)C2)[C@@H]1c1ccccc1OCC. The molecule has 1 aromatic rings. The first-order chi connectivity index (χ1) is 16.3. The highest BCUT2D eigenvalue weighted by Crippen LogP contribution is 2.47. The fourth-order valence-corrected chi connectivity index (χ4v) is 4.68. The lowest BCUT2D eigenvalue weighted by atomic mass is 9.69. The van der Waals surface area contributed by atoms with E-state index in [1.165, 1.54) is 7.11 Å². The molecule has 34 heavy (non-hydrogen) atoms. The predicted octanol–water partition coefficient (Wildman–Crippen LogP) is 3.28. The minimum atomic E-state index is -0.944. The number of methoxy groups -OCH3 is 1. The van der Waals surface area contributed by atoms with Gasteiger partial charge in [-0.2, -0.15) is 0 Å². The van der Waals surface area contributed by atoms with Crippen molar-refractivity contribution in [1.29, 1.82) is 0 Å². The summed E-state index contributed by atoms with van der Waals surface area (Å²) in [5.74, 6) is -2.84. The standard InChI is InChI=1S/C26H33NO7/c1-6-32-12-13-34-26(30)21-16(4)27-18-14-15(3)20(25(29)31-5)24(28)23(18)22(21)17-10-8-9-11-19(17)33-7-2/h8-11,15,20,22,27H,6-7,12-14H2,1-5H3/t15-,20-,22-/m1/s1. The molecule has 0 saturated heterocycles.